The molecule has 1 atom stereocenters. The van der Waals surface area contributed by atoms with Gasteiger partial charge in [-0.2, -0.15) is 0 Å². The number of carbonyl (C=O) groups is 1. The number of nitrogens with one attached hydrogen (secondary N) is 1. The highest BCUT2D eigenvalue weighted by atomic mass is 16.2. The molecule has 1 rings (SSSR count). The van der Waals surface area contributed by atoms with Crippen LogP contribution in [0.5, 0.6) is 0 Å². The van der Waals surface area contributed by atoms with E-state index in [0.717, 1.165) is 11.3 Å². The van der Waals surface area contributed by atoms with Crippen LogP contribution in [0, 0.1) is 12.3 Å². The lowest BCUT2D eigenvalue weighted by atomic mass is 9.87. The SMILES string of the molecule is Cc1ccc(NC(=O)[C@@H](N)C(C)(C)C)cc1. The zero-order chi connectivity index (χ0) is 12.3. The number of rotatable bonds is 2. The lowest BCUT2D eigenvalue weighted by Crippen LogP contribution is -2.45. The van der Waals surface area contributed by atoms with Crippen molar-refractivity contribution in [2.45, 2.75) is 33.7 Å². The quantitative estimate of drug-likeness (QED) is 0.803. The molecule has 0 radical (unpaired) electrons. The van der Waals surface area contributed by atoms with Crippen LogP contribution in [0.1, 0.15) is 26.3 Å². The van der Waals surface area contributed by atoms with Crippen molar-refractivity contribution in [1.82, 2.24) is 0 Å². The maximum Gasteiger partial charge on any atom is 0.241 e. The molecule has 3 N–H and O–H groups in total. The number of carbonyl (C=O) groups excluding carboxylic acids is 1. The number of amides is 1. The molecule has 0 bridgehead atoms. The molecular formula is C13H20N2O. The van der Waals surface area contributed by atoms with E-state index in [1.165, 1.54) is 0 Å². The van der Waals surface area contributed by atoms with Crippen molar-refractivity contribution in [3.8, 4) is 0 Å². The van der Waals surface area contributed by atoms with Gasteiger partial charge in [0.25, 0.3) is 0 Å². The van der Waals surface area contributed by atoms with Crippen LogP contribution in [-0.2, 0) is 4.79 Å². The fourth-order valence-corrected chi connectivity index (χ4v) is 1.25. The average Bonchev–Trinajstić information content (AvgIpc) is 2.19. The summed E-state index contributed by atoms with van der Waals surface area (Å²) in [6.45, 7) is 7.86. The smallest absolute Gasteiger partial charge is 0.241 e. The lowest BCUT2D eigenvalue weighted by molar-refractivity contribution is -0.119. The van der Waals surface area contributed by atoms with Crippen LogP contribution < -0.4 is 11.1 Å². The van der Waals surface area contributed by atoms with Crippen molar-refractivity contribution in [2.24, 2.45) is 11.1 Å². The first-order valence-electron chi connectivity index (χ1n) is 5.44. The van der Waals surface area contributed by atoms with Crippen LogP contribution in [0.15, 0.2) is 24.3 Å². The van der Waals surface area contributed by atoms with Crippen LogP contribution in [0.25, 0.3) is 0 Å². The van der Waals surface area contributed by atoms with Crippen molar-refractivity contribution in [1.29, 1.82) is 0 Å². The molecule has 0 spiro atoms. The largest absolute Gasteiger partial charge is 0.325 e. The molecule has 0 saturated heterocycles. The highest BCUT2D eigenvalue weighted by Gasteiger charge is 2.27. The predicted molar refractivity (Wildman–Crippen MR) is 67.2 cm³/mol. The third kappa shape index (κ3) is 3.35. The first-order chi connectivity index (χ1) is 7.30. The molecule has 1 amide bonds. The summed E-state index contributed by atoms with van der Waals surface area (Å²) in [7, 11) is 0. The predicted octanol–water partition coefficient (Wildman–Crippen LogP) is 2.31. The fraction of sp³-hybridized carbons (Fsp3) is 0.462. The Balaban J connectivity index is 2.68. The third-order valence-electron chi connectivity index (χ3n) is 2.53. The molecule has 0 aromatic heterocycles. The van der Waals surface area contributed by atoms with E-state index >= 15 is 0 Å². The Hall–Kier alpha value is -1.35. The van der Waals surface area contributed by atoms with E-state index in [4.69, 9.17) is 5.73 Å². The molecule has 3 heteroatoms. The van der Waals surface area contributed by atoms with Gasteiger partial charge in [0.1, 0.15) is 0 Å². The minimum absolute atomic E-state index is 0.142. The standard InChI is InChI=1S/C13H20N2O/c1-9-5-7-10(8-6-9)15-12(16)11(14)13(2,3)4/h5-8,11H,14H2,1-4H3,(H,15,16)/t11-/m1/s1. The summed E-state index contributed by atoms with van der Waals surface area (Å²) < 4.78 is 0. The molecule has 1 aromatic rings. The summed E-state index contributed by atoms with van der Waals surface area (Å²) in [5, 5.41) is 2.81. The Kier molecular flexibility index (Phi) is 3.70. The van der Waals surface area contributed by atoms with Gasteiger partial charge in [-0.05, 0) is 24.5 Å². The molecular weight excluding hydrogens is 200 g/mol. The zero-order valence-electron chi connectivity index (χ0n) is 10.4. The van der Waals surface area contributed by atoms with Crippen molar-refractivity contribution < 1.29 is 4.79 Å². The maximum absolute atomic E-state index is 11.8. The number of hydrogen-bond acceptors (Lipinski definition) is 2. The number of anilines is 1. The molecule has 3 nitrogen and oxygen atoms in total. The summed E-state index contributed by atoms with van der Waals surface area (Å²) in [5.41, 5.74) is 7.58. The number of nitrogens with two attached hydrogens (primary N) is 1. The number of aryl methyl sites for hydroxylation is 1. The van der Waals surface area contributed by atoms with E-state index in [0.29, 0.717) is 0 Å². The fourth-order valence-electron chi connectivity index (χ4n) is 1.25. The minimum atomic E-state index is -0.506. The molecule has 88 valence electrons. The first-order valence-corrected chi connectivity index (χ1v) is 5.44. The molecule has 0 aliphatic carbocycles. The van der Waals surface area contributed by atoms with Crippen molar-refractivity contribution in [3.63, 3.8) is 0 Å². The second-order valence-corrected chi connectivity index (χ2v) is 5.20. The monoisotopic (exact) mass is 220 g/mol. The topological polar surface area (TPSA) is 55.1 Å². The first kappa shape index (κ1) is 12.7. The third-order valence-corrected chi connectivity index (χ3v) is 2.53. The molecule has 0 unspecified atom stereocenters. The lowest BCUT2D eigenvalue weighted by Gasteiger charge is -2.25. The van der Waals surface area contributed by atoms with Crippen molar-refractivity contribution >= 4 is 11.6 Å². The van der Waals surface area contributed by atoms with E-state index < -0.39 is 6.04 Å². The van der Waals surface area contributed by atoms with Crippen molar-refractivity contribution in [2.75, 3.05) is 5.32 Å². The summed E-state index contributed by atoms with van der Waals surface area (Å²) in [6.07, 6.45) is 0. The highest BCUT2D eigenvalue weighted by Crippen LogP contribution is 2.19. The minimum Gasteiger partial charge on any atom is -0.325 e. The van der Waals surface area contributed by atoms with E-state index in [2.05, 4.69) is 5.32 Å². The second kappa shape index (κ2) is 4.66. The van der Waals surface area contributed by atoms with Gasteiger partial charge in [0.05, 0.1) is 6.04 Å². The molecule has 16 heavy (non-hydrogen) atoms. The molecule has 1 aromatic carbocycles. The van der Waals surface area contributed by atoms with E-state index in [1.807, 2.05) is 52.0 Å². The summed E-state index contributed by atoms with van der Waals surface area (Å²) in [4.78, 5) is 11.8. The van der Waals surface area contributed by atoms with Crippen LogP contribution in [-0.4, -0.2) is 11.9 Å². The van der Waals surface area contributed by atoms with E-state index in [9.17, 15) is 4.79 Å². The van der Waals surface area contributed by atoms with Crippen LogP contribution in [0.2, 0.25) is 0 Å². The normalized spacial score (nSPS) is 13.3. The highest BCUT2D eigenvalue weighted by molar-refractivity contribution is 5.95. The van der Waals surface area contributed by atoms with Gasteiger partial charge in [-0.3, -0.25) is 4.79 Å². The Bertz CT molecular complexity index is 363. The summed E-state index contributed by atoms with van der Waals surface area (Å²) >= 11 is 0. The Morgan fingerprint density at radius 3 is 2.19 bits per heavy atom. The Morgan fingerprint density at radius 1 is 1.25 bits per heavy atom. The second-order valence-electron chi connectivity index (χ2n) is 5.20. The van der Waals surface area contributed by atoms with E-state index in [1.54, 1.807) is 0 Å². The maximum atomic E-state index is 11.8. The Labute approximate surface area is 97.0 Å². The molecule has 0 fully saturated rings. The number of benzene rings is 1. The summed E-state index contributed by atoms with van der Waals surface area (Å²) in [6, 6.07) is 7.16. The van der Waals surface area contributed by atoms with Crippen LogP contribution >= 0.6 is 0 Å². The van der Waals surface area contributed by atoms with Crippen LogP contribution in [0.3, 0.4) is 0 Å². The van der Waals surface area contributed by atoms with Gasteiger partial charge in [-0.25, -0.2) is 0 Å². The van der Waals surface area contributed by atoms with E-state index in [-0.39, 0.29) is 11.3 Å². The molecule has 0 aliphatic heterocycles. The zero-order valence-corrected chi connectivity index (χ0v) is 10.4. The van der Waals surface area contributed by atoms with Gasteiger partial charge in [0.15, 0.2) is 0 Å². The van der Waals surface area contributed by atoms with Gasteiger partial charge in [0.2, 0.25) is 5.91 Å². The Morgan fingerprint density at radius 2 is 1.75 bits per heavy atom. The molecule has 0 aliphatic rings. The molecule has 0 heterocycles. The van der Waals surface area contributed by atoms with Gasteiger partial charge in [-0.1, -0.05) is 38.5 Å². The average molecular weight is 220 g/mol. The van der Waals surface area contributed by atoms with Gasteiger partial charge in [0, 0.05) is 5.69 Å². The van der Waals surface area contributed by atoms with Gasteiger partial charge < -0.3 is 11.1 Å². The number of hydrogen-bond donors (Lipinski definition) is 2. The van der Waals surface area contributed by atoms with Gasteiger partial charge in [-0.15, -0.1) is 0 Å². The van der Waals surface area contributed by atoms with Crippen LogP contribution in [0.4, 0.5) is 5.69 Å². The van der Waals surface area contributed by atoms with Crippen molar-refractivity contribution in [3.05, 3.63) is 29.8 Å². The molecule has 0 saturated carbocycles. The summed E-state index contributed by atoms with van der Waals surface area (Å²) in [5.74, 6) is -0.142. The van der Waals surface area contributed by atoms with Gasteiger partial charge >= 0.3 is 0 Å².